The highest BCUT2D eigenvalue weighted by atomic mass is 32.2. The minimum Gasteiger partial charge on any atom is -0.363 e. The summed E-state index contributed by atoms with van der Waals surface area (Å²) in [5.41, 5.74) is 4.92. The molecular weight excluding hydrogens is 438 g/mol. The van der Waals surface area contributed by atoms with Crippen LogP contribution in [0.15, 0.2) is 77.7 Å². The molecule has 0 amide bonds. The first-order chi connectivity index (χ1) is 15.9. The Morgan fingerprint density at radius 2 is 1.76 bits per heavy atom. The first-order valence-corrected chi connectivity index (χ1v) is 12.5. The number of ether oxygens (including phenoxy) is 1. The molecule has 1 aliphatic heterocycles. The topological polar surface area (TPSA) is 90.9 Å². The van der Waals surface area contributed by atoms with E-state index in [9.17, 15) is 13.6 Å². The highest BCUT2D eigenvalue weighted by molar-refractivity contribution is 7.90. The number of fused-ring (bicyclic) bond motifs is 1. The second-order valence-corrected chi connectivity index (χ2v) is 10.2. The van der Waals surface area contributed by atoms with Gasteiger partial charge in [0.15, 0.2) is 9.84 Å². The van der Waals surface area contributed by atoms with Crippen molar-refractivity contribution in [2.75, 3.05) is 18.8 Å². The Balaban J connectivity index is 1.26. The van der Waals surface area contributed by atoms with E-state index in [4.69, 9.17) is 4.74 Å². The van der Waals surface area contributed by atoms with Crippen molar-refractivity contribution in [3.63, 3.8) is 0 Å². The molecule has 1 unspecified atom stereocenters. The summed E-state index contributed by atoms with van der Waals surface area (Å²) < 4.78 is 31.2. The lowest BCUT2D eigenvalue weighted by molar-refractivity contribution is -0.184. The molecule has 1 aliphatic rings. The third-order valence-corrected chi connectivity index (χ3v) is 7.51. The Labute approximate surface area is 194 Å². The van der Waals surface area contributed by atoms with Crippen molar-refractivity contribution in [2.45, 2.75) is 36.7 Å². The van der Waals surface area contributed by atoms with Crippen LogP contribution in [0, 0.1) is 0 Å². The molecule has 1 heterocycles. The SMILES string of the molecule is CC(c1ccccc1)N(O)COCNc1ccc(S(=O)(=O)Cc2ccc3c(c2)CNC3)cc1. The Kier molecular flexibility index (Phi) is 7.42. The molecule has 0 saturated carbocycles. The molecule has 0 aromatic heterocycles. The number of hydroxylamine groups is 2. The Morgan fingerprint density at radius 1 is 1.03 bits per heavy atom. The fourth-order valence-electron chi connectivity index (χ4n) is 3.81. The zero-order chi connectivity index (χ0) is 23.3. The van der Waals surface area contributed by atoms with Gasteiger partial charge in [-0.15, -0.1) is 0 Å². The van der Waals surface area contributed by atoms with Gasteiger partial charge in [0, 0.05) is 18.8 Å². The van der Waals surface area contributed by atoms with Crippen molar-refractivity contribution in [3.05, 3.63) is 95.1 Å². The van der Waals surface area contributed by atoms with Crippen LogP contribution in [0.25, 0.3) is 0 Å². The van der Waals surface area contributed by atoms with Crippen LogP contribution in [0.5, 0.6) is 0 Å². The second-order valence-electron chi connectivity index (χ2n) is 8.17. The number of rotatable bonds is 10. The van der Waals surface area contributed by atoms with Gasteiger partial charge in [-0.1, -0.05) is 48.5 Å². The van der Waals surface area contributed by atoms with Crippen LogP contribution in [-0.2, 0) is 33.4 Å². The van der Waals surface area contributed by atoms with Gasteiger partial charge in [0.1, 0.15) is 13.5 Å². The van der Waals surface area contributed by atoms with Gasteiger partial charge >= 0.3 is 0 Å². The van der Waals surface area contributed by atoms with E-state index in [-0.39, 0.29) is 30.2 Å². The monoisotopic (exact) mass is 467 g/mol. The maximum Gasteiger partial charge on any atom is 0.182 e. The molecule has 7 nitrogen and oxygen atoms in total. The highest BCUT2D eigenvalue weighted by Gasteiger charge is 2.18. The van der Waals surface area contributed by atoms with Crippen LogP contribution in [0.3, 0.4) is 0 Å². The number of sulfone groups is 1. The summed E-state index contributed by atoms with van der Waals surface area (Å²) in [6, 6.07) is 22.0. The first kappa shape index (κ1) is 23.4. The van der Waals surface area contributed by atoms with E-state index >= 15 is 0 Å². The summed E-state index contributed by atoms with van der Waals surface area (Å²) in [6.45, 7) is 3.72. The van der Waals surface area contributed by atoms with Crippen molar-refractivity contribution < 1.29 is 18.4 Å². The minimum atomic E-state index is -3.44. The third kappa shape index (κ3) is 5.98. The quantitative estimate of drug-likeness (QED) is 0.235. The summed E-state index contributed by atoms with van der Waals surface area (Å²) in [4.78, 5) is 0.283. The number of nitrogens with zero attached hydrogens (tertiary/aromatic N) is 1. The van der Waals surface area contributed by atoms with Gasteiger partial charge < -0.3 is 20.6 Å². The van der Waals surface area contributed by atoms with E-state index in [0.29, 0.717) is 0 Å². The largest absolute Gasteiger partial charge is 0.363 e. The first-order valence-electron chi connectivity index (χ1n) is 10.9. The van der Waals surface area contributed by atoms with Crippen molar-refractivity contribution in [3.8, 4) is 0 Å². The molecule has 4 rings (SSSR count). The molecule has 0 saturated heterocycles. The van der Waals surface area contributed by atoms with Crippen molar-refractivity contribution >= 4 is 15.5 Å². The summed E-state index contributed by atoms with van der Waals surface area (Å²) in [7, 11) is -3.44. The third-order valence-electron chi connectivity index (χ3n) is 5.80. The average molecular weight is 468 g/mol. The van der Waals surface area contributed by atoms with Crippen LogP contribution in [-0.4, -0.2) is 32.1 Å². The normalized spacial score (nSPS) is 14.3. The van der Waals surface area contributed by atoms with Gasteiger partial charge in [-0.25, -0.2) is 8.42 Å². The van der Waals surface area contributed by atoms with Crippen LogP contribution in [0.2, 0.25) is 0 Å². The number of benzene rings is 3. The summed E-state index contributed by atoms with van der Waals surface area (Å²) >= 11 is 0. The predicted molar refractivity (Wildman–Crippen MR) is 127 cm³/mol. The van der Waals surface area contributed by atoms with Gasteiger partial charge in [-0.05, 0) is 53.4 Å². The fourth-order valence-corrected chi connectivity index (χ4v) is 5.15. The molecule has 0 radical (unpaired) electrons. The van der Waals surface area contributed by atoms with E-state index < -0.39 is 9.84 Å². The molecule has 0 aliphatic carbocycles. The van der Waals surface area contributed by atoms with E-state index in [0.717, 1.165) is 35.0 Å². The molecule has 3 aromatic carbocycles. The van der Waals surface area contributed by atoms with E-state index in [1.807, 2.05) is 55.5 Å². The Bertz CT molecular complexity index is 1170. The van der Waals surface area contributed by atoms with Crippen LogP contribution in [0.1, 0.15) is 35.2 Å². The van der Waals surface area contributed by atoms with Gasteiger partial charge in [0.2, 0.25) is 0 Å². The van der Waals surface area contributed by atoms with Gasteiger partial charge in [0.25, 0.3) is 0 Å². The lowest BCUT2D eigenvalue weighted by atomic mass is 10.1. The molecular formula is C25H29N3O4S. The number of hydrogen-bond acceptors (Lipinski definition) is 7. The fraction of sp³-hybridized carbons (Fsp3) is 0.280. The maximum atomic E-state index is 12.8. The summed E-state index contributed by atoms with van der Waals surface area (Å²) in [5, 5.41) is 17.6. The summed E-state index contributed by atoms with van der Waals surface area (Å²) in [5.74, 6) is -0.0257. The molecule has 3 N–H and O–H groups in total. The number of nitrogens with one attached hydrogen (secondary N) is 2. The van der Waals surface area contributed by atoms with Crippen LogP contribution < -0.4 is 10.6 Å². The van der Waals surface area contributed by atoms with Crippen LogP contribution in [0.4, 0.5) is 5.69 Å². The maximum absolute atomic E-state index is 12.8. The van der Waals surface area contributed by atoms with Crippen molar-refractivity contribution in [1.82, 2.24) is 10.4 Å². The minimum absolute atomic E-state index is 0.0257. The molecule has 0 fully saturated rings. The van der Waals surface area contributed by atoms with Gasteiger partial charge in [-0.2, -0.15) is 5.06 Å². The molecule has 8 heteroatoms. The summed E-state index contributed by atoms with van der Waals surface area (Å²) in [6.07, 6.45) is 0. The van der Waals surface area contributed by atoms with Gasteiger partial charge in [-0.3, -0.25) is 0 Å². The molecule has 33 heavy (non-hydrogen) atoms. The van der Waals surface area contributed by atoms with Crippen molar-refractivity contribution in [1.29, 1.82) is 0 Å². The molecule has 0 spiro atoms. The van der Waals surface area contributed by atoms with Crippen molar-refractivity contribution in [2.24, 2.45) is 0 Å². The van der Waals surface area contributed by atoms with Crippen LogP contribution >= 0.6 is 0 Å². The zero-order valence-electron chi connectivity index (χ0n) is 18.6. The molecule has 174 valence electrons. The molecule has 3 aromatic rings. The smallest absolute Gasteiger partial charge is 0.182 e. The lowest BCUT2D eigenvalue weighted by Crippen LogP contribution is -2.27. The Hall–Kier alpha value is -2.75. The molecule has 0 bridgehead atoms. The lowest BCUT2D eigenvalue weighted by Gasteiger charge is -2.22. The standard InChI is InChI=1S/C25H29N3O4S/c1-19(21-5-3-2-4-6-21)28(29)18-32-17-27-24-9-11-25(12-10-24)33(30,31)16-20-7-8-22-14-26-15-23(22)13-20/h2-13,19,26-27,29H,14-18H2,1H3. The number of anilines is 1. The van der Waals surface area contributed by atoms with E-state index in [1.165, 1.54) is 11.1 Å². The highest BCUT2D eigenvalue weighted by Crippen LogP contribution is 2.23. The second kappa shape index (κ2) is 10.5. The molecule has 1 atom stereocenters. The zero-order valence-corrected chi connectivity index (χ0v) is 19.4. The van der Waals surface area contributed by atoms with E-state index in [2.05, 4.69) is 10.6 Å². The van der Waals surface area contributed by atoms with E-state index in [1.54, 1.807) is 24.3 Å². The predicted octanol–water partition coefficient (Wildman–Crippen LogP) is 4.06. The van der Waals surface area contributed by atoms with Gasteiger partial charge in [0.05, 0.1) is 16.7 Å². The Morgan fingerprint density at radius 3 is 2.52 bits per heavy atom. The average Bonchev–Trinajstić information content (AvgIpc) is 3.30. The number of hydrogen-bond donors (Lipinski definition) is 3.